The first kappa shape index (κ1) is 11.0. The quantitative estimate of drug-likeness (QED) is 0.557. The third-order valence-electron chi connectivity index (χ3n) is 1.40. The van der Waals surface area contributed by atoms with Gasteiger partial charge in [-0.3, -0.25) is 0 Å². The molecule has 0 bridgehead atoms. The van der Waals surface area contributed by atoms with Crippen LogP contribution in [-0.4, -0.2) is 24.2 Å². The Bertz CT molecular complexity index is 365. The Balaban J connectivity index is 2.76. The summed E-state index contributed by atoms with van der Waals surface area (Å²) in [6, 6.07) is 7.91. The van der Waals surface area contributed by atoms with Gasteiger partial charge in [0.1, 0.15) is 0 Å². The summed E-state index contributed by atoms with van der Waals surface area (Å²) in [5, 5.41) is 0. The molecule has 1 atom stereocenters. The number of hydrogen-bond donors (Lipinski definition) is 2. The van der Waals surface area contributed by atoms with Crippen LogP contribution in [0.2, 0.25) is 0 Å². The summed E-state index contributed by atoms with van der Waals surface area (Å²) in [5.41, 5.74) is 1.86. The molecule has 14 heavy (non-hydrogen) atoms. The molecule has 2 N–H and O–H groups in total. The molecule has 0 aromatic heterocycles. The van der Waals surface area contributed by atoms with Gasteiger partial charge in [-0.05, 0) is 0 Å². The van der Waals surface area contributed by atoms with Crippen LogP contribution in [0.15, 0.2) is 30.3 Å². The number of carbonyl (C=O) groups excluding carboxylic acids is 1. The van der Waals surface area contributed by atoms with Crippen LogP contribution in [0.5, 0.6) is 0 Å². The molecule has 0 heterocycles. The van der Waals surface area contributed by atoms with Crippen LogP contribution < -0.4 is 9.83 Å². The first-order valence-electron chi connectivity index (χ1n) is 3.86. The minimum atomic E-state index is -4.57. The van der Waals surface area contributed by atoms with Crippen LogP contribution in [0.4, 0.5) is 0 Å². The van der Waals surface area contributed by atoms with Gasteiger partial charge >= 0.3 is 83.6 Å². The molecule has 1 unspecified atom stereocenters. The first-order chi connectivity index (χ1) is 6.52. The Hall–Kier alpha value is -1.03. The van der Waals surface area contributed by atoms with Crippen LogP contribution in [0.1, 0.15) is 6.92 Å². The molecule has 0 aliphatic rings. The number of nitrogens with one attached hydrogen (secondary N) is 1. The molecule has 76 valence electrons. The van der Waals surface area contributed by atoms with Gasteiger partial charge in [0.25, 0.3) is 0 Å². The fourth-order valence-electron chi connectivity index (χ4n) is 0.795. The predicted octanol–water partition coefficient (Wildman–Crippen LogP) is -0.677. The van der Waals surface area contributed by atoms with Crippen LogP contribution in [0, 0.1) is 0 Å². The maximum atomic E-state index is 11.5. The van der Waals surface area contributed by atoms with Crippen molar-refractivity contribution >= 4 is 24.4 Å². The van der Waals surface area contributed by atoms with E-state index in [4.69, 9.17) is 0 Å². The Kier molecular flexibility index (Phi) is 3.52. The third kappa shape index (κ3) is 3.03. The average molecular weight is 259 g/mol. The normalized spacial score (nSPS) is 14.4. The van der Waals surface area contributed by atoms with Gasteiger partial charge in [0, 0.05) is 0 Å². The van der Waals surface area contributed by atoms with Crippen molar-refractivity contribution in [1.29, 1.82) is 0 Å². The summed E-state index contributed by atoms with van der Waals surface area (Å²) in [5.74, 6) is -0.517. The molecule has 1 rings (SSSR count). The van der Waals surface area contributed by atoms with Gasteiger partial charge in [-0.2, -0.15) is 0 Å². The predicted molar refractivity (Wildman–Crippen MR) is 49.6 cm³/mol. The molecule has 1 aromatic rings. The summed E-state index contributed by atoms with van der Waals surface area (Å²) >= 11 is -4.57. The van der Waals surface area contributed by atoms with Gasteiger partial charge in [-0.15, -0.1) is 0 Å². The Morgan fingerprint density at radius 1 is 1.43 bits per heavy atom. The molecule has 1 amide bonds. The number of hydrogen-bond acceptors (Lipinski definition) is 3. The van der Waals surface area contributed by atoms with E-state index in [1.165, 1.54) is 19.1 Å². The summed E-state index contributed by atoms with van der Waals surface area (Å²) in [6.45, 7) is 1.20. The molecule has 0 radical (unpaired) electrons. The number of carbonyl (C=O) groups is 1. The summed E-state index contributed by atoms with van der Waals surface area (Å²) in [6.07, 6.45) is 0. The van der Waals surface area contributed by atoms with Gasteiger partial charge in [0.05, 0.1) is 0 Å². The second kappa shape index (κ2) is 4.46. The van der Waals surface area contributed by atoms with E-state index in [-0.39, 0.29) is 4.35 Å². The molecule has 0 saturated heterocycles. The second-order valence-electron chi connectivity index (χ2n) is 2.61. The zero-order valence-corrected chi connectivity index (χ0v) is 9.38. The monoisotopic (exact) mass is 259 g/mol. The van der Waals surface area contributed by atoms with Crippen molar-refractivity contribution in [1.82, 2.24) is 5.48 Å². The van der Waals surface area contributed by atoms with E-state index in [0.29, 0.717) is 0 Å². The van der Waals surface area contributed by atoms with Crippen molar-refractivity contribution in [2.75, 3.05) is 0 Å². The first-order valence-corrected chi connectivity index (χ1v) is 7.17. The van der Waals surface area contributed by atoms with E-state index in [1.807, 2.05) is 5.48 Å². The fraction of sp³-hybridized carbons (Fsp3) is 0.125. The number of benzene rings is 1. The van der Waals surface area contributed by atoms with E-state index in [9.17, 15) is 12.6 Å². The Labute approximate surface area is 84.0 Å². The van der Waals surface area contributed by atoms with Crippen LogP contribution >= 0.6 is 0 Å². The third-order valence-corrected chi connectivity index (χ3v) is 4.10. The van der Waals surface area contributed by atoms with E-state index in [2.05, 4.69) is 3.83 Å². The SMILES string of the molecule is CC(=O)NO[As](=O)(O)c1ccccc1. The van der Waals surface area contributed by atoms with Crippen molar-refractivity contribution in [2.24, 2.45) is 0 Å². The number of rotatable bonds is 3. The van der Waals surface area contributed by atoms with Gasteiger partial charge in [-0.1, -0.05) is 0 Å². The van der Waals surface area contributed by atoms with Gasteiger partial charge in [0.15, 0.2) is 0 Å². The standard InChI is InChI=1S/C8H10AsNO4/c1-7(11)10-14-9(12,13)8-5-3-2-4-6-8/h2-6H,1H3,(H,10,11)(H,12,13). The zero-order valence-electron chi connectivity index (χ0n) is 7.51. The molecule has 0 aliphatic carbocycles. The molecular weight excluding hydrogens is 249 g/mol. The van der Waals surface area contributed by atoms with Crippen molar-refractivity contribution in [2.45, 2.75) is 6.92 Å². The molecule has 5 nitrogen and oxygen atoms in total. The Morgan fingerprint density at radius 3 is 2.50 bits per heavy atom. The van der Waals surface area contributed by atoms with E-state index >= 15 is 0 Å². The minimum absolute atomic E-state index is 0.194. The molecule has 0 spiro atoms. The summed E-state index contributed by atoms with van der Waals surface area (Å²) in [7, 11) is 0. The number of amides is 1. The van der Waals surface area contributed by atoms with Crippen molar-refractivity contribution in [3.63, 3.8) is 0 Å². The molecular formula is C8H10AsNO4. The van der Waals surface area contributed by atoms with Crippen LogP contribution in [0.3, 0.4) is 0 Å². The second-order valence-corrected chi connectivity index (χ2v) is 6.26. The van der Waals surface area contributed by atoms with Crippen LogP contribution in [-0.2, 0) is 12.4 Å². The molecule has 6 heteroatoms. The Morgan fingerprint density at radius 2 is 2.00 bits per heavy atom. The maximum absolute atomic E-state index is 11.5. The van der Waals surface area contributed by atoms with Gasteiger partial charge in [-0.25, -0.2) is 0 Å². The fourth-order valence-corrected chi connectivity index (χ4v) is 2.70. The van der Waals surface area contributed by atoms with E-state index in [0.717, 1.165) is 0 Å². The summed E-state index contributed by atoms with van der Waals surface area (Å²) < 4.78 is 25.6. The van der Waals surface area contributed by atoms with Crippen molar-refractivity contribution in [3.8, 4) is 0 Å². The van der Waals surface area contributed by atoms with Gasteiger partial charge in [0.2, 0.25) is 0 Å². The number of hydroxylamine groups is 1. The molecule has 0 fully saturated rings. The average Bonchev–Trinajstić information content (AvgIpc) is 2.16. The van der Waals surface area contributed by atoms with Crippen molar-refractivity contribution in [3.05, 3.63) is 30.3 Å². The van der Waals surface area contributed by atoms with Crippen molar-refractivity contribution < 1.29 is 16.5 Å². The topological polar surface area (TPSA) is 75.6 Å². The summed E-state index contributed by atoms with van der Waals surface area (Å²) in [4.78, 5) is 10.5. The zero-order chi connectivity index (χ0) is 10.6. The van der Waals surface area contributed by atoms with E-state index < -0.39 is 20.1 Å². The van der Waals surface area contributed by atoms with Crippen LogP contribution in [0.25, 0.3) is 0 Å². The molecule has 0 saturated carbocycles. The molecule has 1 aromatic carbocycles. The van der Waals surface area contributed by atoms with E-state index in [1.54, 1.807) is 18.2 Å². The van der Waals surface area contributed by atoms with Gasteiger partial charge < -0.3 is 0 Å². The molecule has 0 aliphatic heterocycles.